The molecule has 2 aliphatic rings. The number of fused-ring (bicyclic) bond motifs is 3. The fourth-order valence-electron chi connectivity index (χ4n) is 2.67. The molecule has 1 aromatic carbocycles. The van der Waals surface area contributed by atoms with Gasteiger partial charge in [0.1, 0.15) is 0 Å². The lowest BCUT2D eigenvalue weighted by Crippen LogP contribution is -2.20. The quantitative estimate of drug-likeness (QED) is 0.687. The molecule has 1 aromatic rings. The van der Waals surface area contributed by atoms with E-state index in [0.717, 1.165) is 5.69 Å². The van der Waals surface area contributed by atoms with Crippen molar-refractivity contribution in [2.75, 3.05) is 5.32 Å². The van der Waals surface area contributed by atoms with E-state index in [-0.39, 0.29) is 11.8 Å². The molecule has 2 heteroatoms. The molecule has 0 bridgehead atoms. The largest absolute Gasteiger partial charge is 0.326 e. The van der Waals surface area contributed by atoms with Crippen molar-refractivity contribution in [1.29, 1.82) is 0 Å². The first-order valence-corrected chi connectivity index (χ1v) is 5.58. The predicted molar refractivity (Wildman–Crippen MR) is 59.8 cm³/mol. The molecule has 1 aliphatic heterocycles. The summed E-state index contributed by atoms with van der Waals surface area (Å²) in [6.07, 6.45) is 1.19. The lowest BCUT2D eigenvalue weighted by Gasteiger charge is -2.10. The molecule has 0 radical (unpaired) electrons. The summed E-state index contributed by atoms with van der Waals surface area (Å²) in [5.74, 6) is 1.55. The van der Waals surface area contributed by atoms with Gasteiger partial charge in [0, 0.05) is 11.6 Å². The molecule has 1 aliphatic carbocycles. The number of rotatable bonds is 0. The van der Waals surface area contributed by atoms with Crippen molar-refractivity contribution in [3.8, 4) is 0 Å². The summed E-state index contributed by atoms with van der Waals surface area (Å²) in [6, 6.07) is 6.32. The Morgan fingerprint density at radius 3 is 3.00 bits per heavy atom. The average Bonchev–Trinajstić information content (AvgIpc) is 2.98. The molecule has 1 unspecified atom stereocenters. The summed E-state index contributed by atoms with van der Waals surface area (Å²) < 4.78 is 0. The van der Waals surface area contributed by atoms with Crippen LogP contribution in [0.2, 0.25) is 0 Å². The molecule has 0 aromatic heterocycles. The van der Waals surface area contributed by atoms with Crippen molar-refractivity contribution in [3.05, 3.63) is 29.3 Å². The minimum Gasteiger partial charge on any atom is -0.326 e. The number of anilines is 1. The maximum Gasteiger partial charge on any atom is 0.227 e. The van der Waals surface area contributed by atoms with E-state index in [9.17, 15) is 4.79 Å². The van der Waals surface area contributed by atoms with Gasteiger partial charge in [0.15, 0.2) is 0 Å². The SMILES string of the molecule is Cc1ccc2c(c1)[C@@H]1CC1[C@@H](C)C(=O)N2. The number of amides is 1. The summed E-state index contributed by atoms with van der Waals surface area (Å²) in [5, 5.41) is 3.02. The van der Waals surface area contributed by atoms with Gasteiger partial charge in [0.05, 0.1) is 0 Å². The van der Waals surface area contributed by atoms with Crippen LogP contribution in [0.25, 0.3) is 0 Å². The van der Waals surface area contributed by atoms with Crippen molar-refractivity contribution in [3.63, 3.8) is 0 Å². The van der Waals surface area contributed by atoms with Gasteiger partial charge >= 0.3 is 0 Å². The van der Waals surface area contributed by atoms with Gasteiger partial charge in [0.2, 0.25) is 5.91 Å². The molecule has 3 atom stereocenters. The first-order valence-electron chi connectivity index (χ1n) is 5.58. The number of carbonyl (C=O) groups excluding carboxylic acids is 1. The number of hydrogen-bond donors (Lipinski definition) is 1. The Hall–Kier alpha value is -1.31. The third-order valence-corrected chi connectivity index (χ3v) is 3.76. The third kappa shape index (κ3) is 1.28. The summed E-state index contributed by atoms with van der Waals surface area (Å²) in [5.41, 5.74) is 3.66. The Morgan fingerprint density at radius 1 is 1.40 bits per heavy atom. The fourth-order valence-corrected chi connectivity index (χ4v) is 2.67. The van der Waals surface area contributed by atoms with Crippen molar-refractivity contribution in [2.45, 2.75) is 26.2 Å². The Morgan fingerprint density at radius 2 is 2.20 bits per heavy atom. The van der Waals surface area contributed by atoms with Crippen LogP contribution in [0.1, 0.15) is 30.4 Å². The highest BCUT2D eigenvalue weighted by molar-refractivity contribution is 5.95. The van der Waals surface area contributed by atoms with Gasteiger partial charge in [-0.25, -0.2) is 0 Å². The third-order valence-electron chi connectivity index (χ3n) is 3.76. The van der Waals surface area contributed by atoms with Crippen molar-refractivity contribution < 1.29 is 4.79 Å². The maximum atomic E-state index is 11.8. The van der Waals surface area contributed by atoms with Crippen LogP contribution in [0, 0.1) is 18.8 Å². The van der Waals surface area contributed by atoms with Crippen LogP contribution >= 0.6 is 0 Å². The normalized spacial score (nSPS) is 32.4. The molecular formula is C13H15NO. The molecule has 1 N–H and O–H groups in total. The molecule has 1 heterocycles. The van der Waals surface area contributed by atoms with E-state index in [1.807, 2.05) is 13.0 Å². The average molecular weight is 201 g/mol. The molecule has 0 saturated heterocycles. The first kappa shape index (κ1) is 8.96. The Kier molecular flexibility index (Phi) is 1.70. The van der Waals surface area contributed by atoms with E-state index >= 15 is 0 Å². The summed E-state index contributed by atoms with van der Waals surface area (Å²) in [4.78, 5) is 11.8. The second-order valence-corrected chi connectivity index (χ2v) is 4.87. The smallest absolute Gasteiger partial charge is 0.227 e. The van der Waals surface area contributed by atoms with E-state index in [2.05, 4.69) is 24.4 Å². The second-order valence-electron chi connectivity index (χ2n) is 4.87. The van der Waals surface area contributed by atoms with E-state index in [0.29, 0.717) is 11.8 Å². The summed E-state index contributed by atoms with van der Waals surface area (Å²) in [6.45, 7) is 4.15. The molecule has 1 amide bonds. The number of benzene rings is 1. The molecule has 2 nitrogen and oxygen atoms in total. The van der Waals surface area contributed by atoms with E-state index in [1.54, 1.807) is 0 Å². The van der Waals surface area contributed by atoms with Gasteiger partial charge in [-0.3, -0.25) is 4.79 Å². The van der Waals surface area contributed by atoms with Crippen molar-refractivity contribution in [1.82, 2.24) is 0 Å². The topological polar surface area (TPSA) is 29.1 Å². The minimum absolute atomic E-state index is 0.169. The number of hydrogen-bond acceptors (Lipinski definition) is 1. The number of aryl methyl sites for hydroxylation is 1. The highest BCUT2D eigenvalue weighted by Gasteiger charge is 2.47. The number of carbonyl (C=O) groups is 1. The van der Waals surface area contributed by atoms with Gasteiger partial charge in [-0.05, 0) is 36.8 Å². The van der Waals surface area contributed by atoms with Crippen LogP contribution in [0.4, 0.5) is 5.69 Å². The zero-order valence-corrected chi connectivity index (χ0v) is 9.08. The van der Waals surface area contributed by atoms with Crippen LogP contribution < -0.4 is 5.32 Å². The van der Waals surface area contributed by atoms with Gasteiger partial charge in [-0.1, -0.05) is 24.6 Å². The zero-order chi connectivity index (χ0) is 10.6. The summed E-state index contributed by atoms with van der Waals surface area (Å²) >= 11 is 0. The Balaban J connectivity index is 2.09. The highest BCUT2D eigenvalue weighted by Crippen LogP contribution is 2.55. The second kappa shape index (κ2) is 2.84. The lowest BCUT2D eigenvalue weighted by atomic mass is 10.0. The monoisotopic (exact) mass is 201 g/mol. The standard InChI is InChI=1S/C13H15NO/c1-7-3-4-12-11(5-7)10-6-9(10)8(2)13(15)14-12/h3-5,8-10H,6H2,1-2H3,(H,14,15)/t8-,9?,10-/m1/s1. The van der Waals surface area contributed by atoms with Crippen LogP contribution in [-0.2, 0) is 4.79 Å². The van der Waals surface area contributed by atoms with E-state index in [4.69, 9.17) is 0 Å². The predicted octanol–water partition coefficient (Wildman–Crippen LogP) is 2.69. The Bertz CT molecular complexity index is 438. The fraction of sp³-hybridized carbons (Fsp3) is 0.462. The van der Waals surface area contributed by atoms with Crippen LogP contribution in [0.3, 0.4) is 0 Å². The van der Waals surface area contributed by atoms with Gasteiger partial charge in [-0.15, -0.1) is 0 Å². The van der Waals surface area contributed by atoms with E-state index < -0.39 is 0 Å². The van der Waals surface area contributed by atoms with Gasteiger partial charge in [0.25, 0.3) is 0 Å². The van der Waals surface area contributed by atoms with Crippen molar-refractivity contribution >= 4 is 11.6 Å². The molecule has 1 saturated carbocycles. The van der Waals surface area contributed by atoms with Gasteiger partial charge in [-0.2, -0.15) is 0 Å². The van der Waals surface area contributed by atoms with Crippen LogP contribution in [0.5, 0.6) is 0 Å². The van der Waals surface area contributed by atoms with Crippen LogP contribution in [-0.4, -0.2) is 5.91 Å². The lowest BCUT2D eigenvalue weighted by molar-refractivity contribution is -0.119. The van der Waals surface area contributed by atoms with Crippen molar-refractivity contribution in [2.24, 2.45) is 11.8 Å². The molecule has 15 heavy (non-hydrogen) atoms. The first-order chi connectivity index (χ1) is 7.16. The molecular weight excluding hydrogens is 186 g/mol. The molecule has 78 valence electrons. The number of nitrogens with one attached hydrogen (secondary N) is 1. The molecule has 1 fully saturated rings. The Labute approximate surface area is 89.7 Å². The molecule has 3 rings (SSSR count). The summed E-state index contributed by atoms with van der Waals surface area (Å²) in [7, 11) is 0. The van der Waals surface area contributed by atoms with Gasteiger partial charge < -0.3 is 5.32 Å². The molecule has 0 spiro atoms. The maximum absolute atomic E-state index is 11.8. The van der Waals surface area contributed by atoms with Crippen LogP contribution in [0.15, 0.2) is 18.2 Å². The minimum atomic E-state index is 0.169. The zero-order valence-electron chi connectivity index (χ0n) is 9.08. The highest BCUT2D eigenvalue weighted by atomic mass is 16.1. The van der Waals surface area contributed by atoms with E-state index in [1.165, 1.54) is 17.5 Å².